The second-order valence-electron chi connectivity index (χ2n) is 6.50. The quantitative estimate of drug-likeness (QED) is 0.803. The lowest BCUT2D eigenvalue weighted by atomic mass is 10.1. The molecular weight excluding hydrogens is 302 g/mol. The molecule has 1 aliphatic rings. The topological polar surface area (TPSA) is 60.1 Å². The van der Waals surface area contributed by atoms with Crippen LogP contribution in [0.1, 0.15) is 30.1 Å². The van der Waals surface area contributed by atoms with Crippen molar-refractivity contribution < 1.29 is 9.21 Å². The predicted molar refractivity (Wildman–Crippen MR) is 91.8 cm³/mol. The lowest BCUT2D eigenvalue weighted by molar-refractivity contribution is -0.122. The maximum absolute atomic E-state index is 12.2. The number of carbonyl (C=O) groups is 1. The van der Waals surface area contributed by atoms with Gasteiger partial charge in [0.05, 0.1) is 5.69 Å². The molecule has 1 aromatic carbocycles. The summed E-state index contributed by atoms with van der Waals surface area (Å²) in [7, 11) is 0. The molecule has 0 saturated carbocycles. The average molecular weight is 323 g/mol. The number of amides is 1. The Morgan fingerprint density at radius 3 is 3.17 bits per heavy atom. The van der Waals surface area contributed by atoms with E-state index in [1.807, 2.05) is 37.3 Å². The van der Waals surface area contributed by atoms with Crippen LogP contribution in [0.15, 0.2) is 40.9 Å². The molecule has 0 bridgehead atoms. The predicted octanol–water partition coefficient (Wildman–Crippen LogP) is 3.00. The third kappa shape index (κ3) is 3.07. The second-order valence-corrected chi connectivity index (χ2v) is 6.50. The van der Waals surface area contributed by atoms with Gasteiger partial charge in [-0.05, 0) is 25.5 Å². The standard InChI is InChI=1S/C19H21N3O2/c1-13-11-22-12-15(6-8-18(22)20-13)21-19(23)9-7-16-10-14-4-2-3-5-17(14)24-16/h2-5,10-11,15H,6-9,12H2,1H3,(H,21,23)/t15-/m0/s1. The van der Waals surface area contributed by atoms with E-state index in [9.17, 15) is 4.79 Å². The minimum Gasteiger partial charge on any atom is -0.461 e. The molecular formula is C19H21N3O2. The number of nitrogens with one attached hydrogen (secondary N) is 1. The van der Waals surface area contributed by atoms with Gasteiger partial charge in [-0.2, -0.15) is 0 Å². The number of carbonyl (C=O) groups excluding carboxylic acids is 1. The van der Waals surface area contributed by atoms with E-state index in [0.29, 0.717) is 12.8 Å². The molecule has 2 aromatic heterocycles. The van der Waals surface area contributed by atoms with Crippen LogP contribution in [0.4, 0.5) is 0 Å². The molecule has 24 heavy (non-hydrogen) atoms. The summed E-state index contributed by atoms with van der Waals surface area (Å²) < 4.78 is 7.92. The van der Waals surface area contributed by atoms with E-state index in [0.717, 1.165) is 47.6 Å². The van der Waals surface area contributed by atoms with Crippen LogP contribution < -0.4 is 5.32 Å². The van der Waals surface area contributed by atoms with Crippen molar-refractivity contribution in [1.82, 2.24) is 14.9 Å². The molecule has 4 rings (SSSR count). The van der Waals surface area contributed by atoms with Gasteiger partial charge in [0.15, 0.2) is 0 Å². The third-order valence-corrected chi connectivity index (χ3v) is 4.55. The lowest BCUT2D eigenvalue weighted by Gasteiger charge is -2.24. The summed E-state index contributed by atoms with van der Waals surface area (Å²) in [5.41, 5.74) is 1.92. The summed E-state index contributed by atoms with van der Waals surface area (Å²) in [6.45, 7) is 2.82. The van der Waals surface area contributed by atoms with Crippen LogP contribution in [-0.4, -0.2) is 21.5 Å². The summed E-state index contributed by atoms with van der Waals surface area (Å²) in [4.78, 5) is 16.7. The van der Waals surface area contributed by atoms with Gasteiger partial charge in [0.25, 0.3) is 0 Å². The summed E-state index contributed by atoms with van der Waals surface area (Å²) in [5.74, 6) is 2.07. The average Bonchev–Trinajstić information content (AvgIpc) is 3.14. The van der Waals surface area contributed by atoms with Gasteiger partial charge in [0.1, 0.15) is 17.2 Å². The van der Waals surface area contributed by atoms with Crippen molar-refractivity contribution in [3.63, 3.8) is 0 Å². The highest BCUT2D eigenvalue weighted by atomic mass is 16.3. The SMILES string of the molecule is Cc1cn2c(n1)CC[C@H](NC(=O)CCc1cc3ccccc3o1)C2. The highest BCUT2D eigenvalue weighted by molar-refractivity contribution is 5.79. The third-order valence-electron chi connectivity index (χ3n) is 4.55. The zero-order chi connectivity index (χ0) is 16.5. The van der Waals surface area contributed by atoms with E-state index in [1.165, 1.54) is 0 Å². The number of rotatable bonds is 4. The summed E-state index contributed by atoms with van der Waals surface area (Å²) in [6.07, 6.45) is 5.01. The monoisotopic (exact) mass is 323 g/mol. The fraction of sp³-hybridized carbons (Fsp3) is 0.368. The number of imidazole rings is 1. The van der Waals surface area contributed by atoms with E-state index in [4.69, 9.17) is 4.42 Å². The van der Waals surface area contributed by atoms with Crippen LogP contribution in [0.25, 0.3) is 11.0 Å². The number of para-hydroxylation sites is 1. The van der Waals surface area contributed by atoms with E-state index in [-0.39, 0.29) is 11.9 Å². The molecule has 0 radical (unpaired) electrons. The van der Waals surface area contributed by atoms with Gasteiger partial charge >= 0.3 is 0 Å². The first-order chi connectivity index (χ1) is 11.7. The molecule has 0 saturated heterocycles. The molecule has 3 aromatic rings. The van der Waals surface area contributed by atoms with Crippen molar-refractivity contribution in [3.05, 3.63) is 53.8 Å². The molecule has 3 heterocycles. The minimum atomic E-state index is 0.0840. The molecule has 5 heteroatoms. The molecule has 1 N–H and O–H groups in total. The second kappa shape index (κ2) is 6.15. The maximum atomic E-state index is 12.2. The van der Waals surface area contributed by atoms with E-state index in [1.54, 1.807) is 0 Å². The first-order valence-electron chi connectivity index (χ1n) is 8.47. The number of benzene rings is 1. The molecule has 5 nitrogen and oxygen atoms in total. The van der Waals surface area contributed by atoms with Crippen LogP contribution in [-0.2, 0) is 24.2 Å². The van der Waals surface area contributed by atoms with Gasteiger partial charge in [0.2, 0.25) is 5.91 Å². The molecule has 1 atom stereocenters. The molecule has 124 valence electrons. The molecule has 0 fully saturated rings. The Balaban J connectivity index is 1.32. The van der Waals surface area contributed by atoms with Crippen LogP contribution >= 0.6 is 0 Å². The van der Waals surface area contributed by atoms with Crippen molar-refractivity contribution in [1.29, 1.82) is 0 Å². The fourth-order valence-corrected chi connectivity index (χ4v) is 3.40. The summed E-state index contributed by atoms with van der Waals surface area (Å²) in [6, 6.07) is 10.1. The largest absolute Gasteiger partial charge is 0.461 e. The molecule has 0 aliphatic carbocycles. The van der Waals surface area contributed by atoms with Crippen LogP contribution in [0, 0.1) is 6.92 Å². The van der Waals surface area contributed by atoms with Crippen molar-refractivity contribution >= 4 is 16.9 Å². The van der Waals surface area contributed by atoms with Crippen molar-refractivity contribution in [2.75, 3.05) is 0 Å². The van der Waals surface area contributed by atoms with Crippen molar-refractivity contribution in [2.45, 2.75) is 45.2 Å². The number of hydrogen-bond donors (Lipinski definition) is 1. The highest BCUT2D eigenvalue weighted by Crippen LogP contribution is 2.20. The van der Waals surface area contributed by atoms with Gasteiger partial charge in [-0.15, -0.1) is 0 Å². The number of aryl methyl sites for hydroxylation is 3. The Kier molecular flexibility index (Phi) is 3.84. The number of hydrogen-bond acceptors (Lipinski definition) is 3. The Morgan fingerprint density at radius 2 is 2.29 bits per heavy atom. The van der Waals surface area contributed by atoms with E-state index in [2.05, 4.69) is 21.1 Å². The number of nitrogens with zero attached hydrogens (tertiary/aromatic N) is 2. The minimum absolute atomic E-state index is 0.0840. The van der Waals surface area contributed by atoms with Gasteiger partial charge in [0, 0.05) is 43.4 Å². The molecule has 1 aliphatic heterocycles. The molecule has 1 amide bonds. The Hall–Kier alpha value is -2.56. The fourth-order valence-electron chi connectivity index (χ4n) is 3.40. The Morgan fingerprint density at radius 1 is 1.42 bits per heavy atom. The van der Waals surface area contributed by atoms with Gasteiger partial charge in [-0.1, -0.05) is 18.2 Å². The Bertz CT molecular complexity index is 845. The molecule has 0 spiro atoms. The van der Waals surface area contributed by atoms with Crippen LogP contribution in [0.3, 0.4) is 0 Å². The van der Waals surface area contributed by atoms with Crippen LogP contribution in [0.5, 0.6) is 0 Å². The summed E-state index contributed by atoms with van der Waals surface area (Å²) >= 11 is 0. The lowest BCUT2D eigenvalue weighted by Crippen LogP contribution is -2.40. The first kappa shape index (κ1) is 15.0. The summed E-state index contributed by atoms with van der Waals surface area (Å²) in [5, 5.41) is 4.23. The smallest absolute Gasteiger partial charge is 0.220 e. The zero-order valence-electron chi connectivity index (χ0n) is 13.8. The van der Waals surface area contributed by atoms with Gasteiger partial charge < -0.3 is 14.3 Å². The van der Waals surface area contributed by atoms with Crippen LogP contribution in [0.2, 0.25) is 0 Å². The first-order valence-corrected chi connectivity index (χ1v) is 8.47. The maximum Gasteiger partial charge on any atom is 0.220 e. The zero-order valence-corrected chi connectivity index (χ0v) is 13.8. The highest BCUT2D eigenvalue weighted by Gasteiger charge is 2.21. The van der Waals surface area contributed by atoms with Gasteiger partial charge in [-0.3, -0.25) is 4.79 Å². The number of fused-ring (bicyclic) bond motifs is 2. The van der Waals surface area contributed by atoms with E-state index < -0.39 is 0 Å². The normalized spacial score (nSPS) is 17.0. The number of furan rings is 1. The number of aromatic nitrogens is 2. The van der Waals surface area contributed by atoms with Crippen molar-refractivity contribution in [2.24, 2.45) is 0 Å². The van der Waals surface area contributed by atoms with Crippen molar-refractivity contribution in [3.8, 4) is 0 Å². The Labute approximate surface area is 140 Å². The van der Waals surface area contributed by atoms with E-state index >= 15 is 0 Å². The van der Waals surface area contributed by atoms with Gasteiger partial charge in [-0.25, -0.2) is 4.98 Å². The molecule has 0 unspecified atom stereocenters.